The number of carbonyl (C=O) groups excluding carboxylic acids is 2. The zero-order valence-electron chi connectivity index (χ0n) is 17.5. The van der Waals surface area contributed by atoms with E-state index >= 15 is 0 Å². The van der Waals surface area contributed by atoms with Crippen molar-refractivity contribution in [3.8, 4) is 11.2 Å². The fourth-order valence-corrected chi connectivity index (χ4v) is 3.18. The fraction of sp³-hybridized carbons (Fsp3) is 0.318. The Hall–Kier alpha value is -3.19. The molecule has 0 bridgehead atoms. The van der Waals surface area contributed by atoms with Crippen LogP contribution in [0.3, 0.4) is 0 Å². The van der Waals surface area contributed by atoms with Crippen LogP contribution >= 0.6 is 11.8 Å². The molecule has 1 N–H and O–H groups in total. The second-order valence-corrected chi connectivity index (χ2v) is 7.79. The number of ether oxygens (including phenoxy) is 1. The van der Waals surface area contributed by atoms with Crippen LogP contribution in [0.4, 0.5) is 13.2 Å². The summed E-state index contributed by atoms with van der Waals surface area (Å²) < 4.78 is 43.4. The van der Waals surface area contributed by atoms with E-state index in [0.29, 0.717) is 16.2 Å². The molecule has 32 heavy (non-hydrogen) atoms. The number of thiocyanates is 1. The smallest absolute Gasteiger partial charge is 0.471 e. The number of nitriles is 1. The number of alkyl halides is 3. The number of nitrogens with one attached hydrogen (secondary N) is 1. The zero-order chi connectivity index (χ0) is 23.7. The Morgan fingerprint density at radius 1 is 1.22 bits per heavy atom. The van der Waals surface area contributed by atoms with E-state index in [1.54, 1.807) is 48.5 Å². The van der Waals surface area contributed by atoms with Crippen molar-refractivity contribution in [1.29, 1.82) is 5.26 Å². The van der Waals surface area contributed by atoms with Crippen molar-refractivity contribution in [3.05, 3.63) is 59.7 Å². The predicted octanol–water partition coefficient (Wildman–Crippen LogP) is 4.02. The second-order valence-electron chi connectivity index (χ2n) is 6.94. The average Bonchev–Trinajstić information content (AvgIpc) is 2.76. The third kappa shape index (κ3) is 7.50. The van der Waals surface area contributed by atoms with Crippen molar-refractivity contribution >= 4 is 23.6 Å². The average molecular weight is 465 g/mol. The van der Waals surface area contributed by atoms with Gasteiger partial charge in [-0.3, -0.25) is 9.59 Å². The van der Waals surface area contributed by atoms with E-state index in [1.165, 1.54) is 6.92 Å². The van der Waals surface area contributed by atoms with E-state index in [2.05, 4.69) is 5.32 Å². The minimum atomic E-state index is -4.91. The minimum Gasteiger partial charge on any atom is -0.492 e. The molecule has 0 heterocycles. The molecular weight excluding hydrogens is 443 g/mol. The van der Waals surface area contributed by atoms with Gasteiger partial charge in [-0.15, -0.1) is 0 Å². The van der Waals surface area contributed by atoms with E-state index in [4.69, 9.17) is 10.00 Å². The second kappa shape index (κ2) is 11.4. The molecule has 1 atom stereocenters. The van der Waals surface area contributed by atoms with Crippen LogP contribution in [0.2, 0.25) is 0 Å². The number of amides is 2. The van der Waals surface area contributed by atoms with Crippen LogP contribution < -0.4 is 10.1 Å². The highest BCUT2D eigenvalue weighted by Crippen LogP contribution is 2.21. The molecule has 0 aliphatic carbocycles. The monoisotopic (exact) mass is 465 g/mol. The van der Waals surface area contributed by atoms with Crippen LogP contribution in [0.5, 0.6) is 5.75 Å². The number of hydrogen-bond acceptors (Lipinski definition) is 5. The van der Waals surface area contributed by atoms with Crippen molar-refractivity contribution in [1.82, 2.24) is 10.2 Å². The van der Waals surface area contributed by atoms with Crippen molar-refractivity contribution in [2.45, 2.75) is 30.5 Å². The first-order valence-corrected chi connectivity index (χ1v) is 10.4. The summed E-state index contributed by atoms with van der Waals surface area (Å²) in [5, 5.41) is 13.3. The molecule has 0 fully saturated rings. The van der Waals surface area contributed by atoms with Crippen LogP contribution in [0.1, 0.15) is 22.8 Å². The lowest BCUT2D eigenvalue weighted by Gasteiger charge is -2.26. The van der Waals surface area contributed by atoms with Crippen LogP contribution in [0, 0.1) is 10.7 Å². The molecule has 0 saturated carbocycles. The predicted molar refractivity (Wildman–Crippen MR) is 114 cm³/mol. The molecule has 0 radical (unpaired) electrons. The number of rotatable bonds is 9. The van der Waals surface area contributed by atoms with Gasteiger partial charge < -0.3 is 15.0 Å². The maximum Gasteiger partial charge on any atom is 0.471 e. The zero-order valence-corrected chi connectivity index (χ0v) is 18.3. The Morgan fingerprint density at radius 2 is 1.91 bits per heavy atom. The first-order valence-electron chi connectivity index (χ1n) is 9.61. The molecule has 0 saturated heterocycles. The molecule has 0 aromatic heterocycles. The summed E-state index contributed by atoms with van der Waals surface area (Å²) in [6.45, 7) is 1.98. The van der Waals surface area contributed by atoms with Gasteiger partial charge in [0.1, 0.15) is 17.8 Å². The topological polar surface area (TPSA) is 82.4 Å². The summed E-state index contributed by atoms with van der Waals surface area (Å²) >= 11 is 1.01. The number of likely N-dealkylation sites (N-methyl/N-ethyl adjacent to an activating group) is 1. The van der Waals surface area contributed by atoms with Crippen LogP contribution in [-0.2, 0) is 11.2 Å². The van der Waals surface area contributed by atoms with Crippen molar-refractivity contribution < 1.29 is 27.5 Å². The van der Waals surface area contributed by atoms with Crippen molar-refractivity contribution in [2.24, 2.45) is 0 Å². The lowest BCUT2D eigenvalue weighted by atomic mass is 10.1. The summed E-state index contributed by atoms with van der Waals surface area (Å²) in [4.78, 5) is 24.9. The van der Waals surface area contributed by atoms with E-state index in [-0.39, 0.29) is 25.5 Å². The van der Waals surface area contributed by atoms with Gasteiger partial charge in [0.15, 0.2) is 0 Å². The molecule has 0 aliphatic rings. The van der Waals surface area contributed by atoms with Gasteiger partial charge in [-0.05, 0) is 67.1 Å². The SMILES string of the molecule is C[C@@H](Cc1cccc(OCCNC(=O)c2ccc(SC#N)cc2)c1)N(C)C(=O)C(F)(F)F. The Balaban J connectivity index is 1.82. The number of hydrogen-bond donors (Lipinski definition) is 1. The Labute approximate surface area is 188 Å². The first-order chi connectivity index (χ1) is 15.1. The highest BCUT2D eigenvalue weighted by atomic mass is 32.2. The minimum absolute atomic E-state index is 0.194. The summed E-state index contributed by atoms with van der Waals surface area (Å²) in [6.07, 6.45) is -4.68. The third-order valence-corrected chi connectivity index (χ3v) is 5.19. The number of carbonyl (C=O) groups is 2. The third-order valence-electron chi connectivity index (χ3n) is 4.59. The van der Waals surface area contributed by atoms with Gasteiger partial charge in [0.25, 0.3) is 5.91 Å². The van der Waals surface area contributed by atoms with Crippen LogP contribution in [-0.4, -0.2) is 49.1 Å². The van der Waals surface area contributed by atoms with E-state index < -0.39 is 18.1 Å². The summed E-state index contributed by atoms with van der Waals surface area (Å²) in [5.41, 5.74) is 1.18. The summed E-state index contributed by atoms with van der Waals surface area (Å²) in [7, 11) is 1.12. The molecule has 10 heteroatoms. The molecular formula is C22H22F3N3O3S. The van der Waals surface area contributed by atoms with E-state index in [1.807, 2.05) is 5.40 Å². The molecule has 2 amide bonds. The van der Waals surface area contributed by atoms with Gasteiger partial charge in [0.05, 0.1) is 6.54 Å². The standard InChI is InChI=1S/C22H22F3N3O3S/c1-15(28(2)21(30)22(23,24)25)12-16-4-3-5-18(13-16)31-11-10-27-20(29)17-6-8-19(9-7-17)32-14-26/h3-9,13,15H,10-12H2,1-2H3,(H,27,29)/t15-/m0/s1. The first kappa shape index (κ1) is 25.1. The van der Waals surface area contributed by atoms with Gasteiger partial charge >= 0.3 is 12.1 Å². The Morgan fingerprint density at radius 3 is 2.53 bits per heavy atom. The van der Waals surface area contributed by atoms with Crippen molar-refractivity contribution in [2.75, 3.05) is 20.2 Å². The molecule has 0 aliphatic heterocycles. The van der Waals surface area contributed by atoms with Gasteiger partial charge in [-0.2, -0.15) is 18.4 Å². The molecule has 170 valence electrons. The number of thioether (sulfide) groups is 1. The summed E-state index contributed by atoms with van der Waals surface area (Å²) in [5.74, 6) is -1.65. The maximum absolute atomic E-state index is 12.6. The lowest BCUT2D eigenvalue weighted by Crippen LogP contribution is -2.44. The number of halogens is 3. The molecule has 2 rings (SSSR count). The van der Waals surface area contributed by atoms with Gasteiger partial charge in [-0.25, -0.2) is 0 Å². The normalized spacial score (nSPS) is 11.9. The highest BCUT2D eigenvalue weighted by Gasteiger charge is 2.42. The Bertz CT molecular complexity index is 975. The Kier molecular flexibility index (Phi) is 8.96. The summed E-state index contributed by atoms with van der Waals surface area (Å²) in [6, 6.07) is 12.8. The molecule has 0 spiro atoms. The van der Waals surface area contributed by atoms with Gasteiger partial charge in [-0.1, -0.05) is 12.1 Å². The molecule has 0 unspecified atom stereocenters. The fourth-order valence-electron chi connectivity index (χ4n) is 2.80. The van der Waals surface area contributed by atoms with Crippen LogP contribution in [0.25, 0.3) is 0 Å². The largest absolute Gasteiger partial charge is 0.492 e. The molecule has 2 aromatic rings. The number of benzene rings is 2. The quantitative estimate of drug-likeness (QED) is 0.344. The molecule has 2 aromatic carbocycles. The lowest BCUT2D eigenvalue weighted by molar-refractivity contribution is -0.185. The van der Waals surface area contributed by atoms with Crippen LogP contribution in [0.15, 0.2) is 53.4 Å². The van der Waals surface area contributed by atoms with E-state index in [0.717, 1.165) is 29.3 Å². The molecule has 6 nitrogen and oxygen atoms in total. The maximum atomic E-state index is 12.6. The van der Waals surface area contributed by atoms with E-state index in [9.17, 15) is 22.8 Å². The van der Waals surface area contributed by atoms with Gasteiger partial charge in [0.2, 0.25) is 0 Å². The highest BCUT2D eigenvalue weighted by molar-refractivity contribution is 8.03. The number of nitrogens with zero attached hydrogens (tertiary/aromatic N) is 2. The van der Waals surface area contributed by atoms with Gasteiger partial charge in [0, 0.05) is 23.5 Å². The van der Waals surface area contributed by atoms with Crippen molar-refractivity contribution in [3.63, 3.8) is 0 Å².